The number of nitrogens with zero attached hydrogens (tertiary/aromatic N) is 2. The first-order valence-electron chi connectivity index (χ1n) is 5.68. The fourth-order valence-electron chi connectivity index (χ4n) is 2.26. The fraction of sp³-hybridized carbons (Fsp3) is 0.286. The minimum Gasteiger partial charge on any atom is -0.334 e. The molecule has 0 atom stereocenters. The molecule has 3 rings (SSSR count). The molecule has 2 aromatic rings. The molecule has 2 heteroatoms. The van der Waals surface area contributed by atoms with Gasteiger partial charge < -0.3 is 4.57 Å². The van der Waals surface area contributed by atoms with Crippen molar-refractivity contribution in [1.82, 2.24) is 9.55 Å². The summed E-state index contributed by atoms with van der Waals surface area (Å²) in [6, 6.07) is 6.64. The first-order valence-corrected chi connectivity index (χ1v) is 5.68. The Morgan fingerprint density at radius 2 is 2.31 bits per heavy atom. The van der Waals surface area contributed by atoms with Crippen LogP contribution >= 0.6 is 0 Å². The van der Waals surface area contributed by atoms with E-state index in [4.69, 9.17) is 0 Å². The highest BCUT2D eigenvalue weighted by atomic mass is 15.0. The van der Waals surface area contributed by atoms with Crippen LogP contribution in [0.2, 0.25) is 0 Å². The lowest BCUT2D eigenvalue weighted by Crippen LogP contribution is -2.01. The Labute approximate surface area is 95.9 Å². The summed E-state index contributed by atoms with van der Waals surface area (Å²) in [4.78, 5) is 4.15. The molecule has 1 aliphatic carbocycles. The van der Waals surface area contributed by atoms with Crippen molar-refractivity contribution >= 4 is 0 Å². The summed E-state index contributed by atoms with van der Waals surface area (Å²) in [7, 11) is 2.02. The molecule has 0 spiro atoms. The maximum absolute atomic E-state index is 4.15. The van der Waals surface area contributed by atoms with E-state index in [1.54, 1.807) is 0 Å². The fourth-order valence-corrected chi connectivity index (χ4v) is 2.26. The van der Waals surface area contributed by atoms with E-state index < -0.39 is 0 Å². The van der Waals surface area contributed by atoms with E-state index in [-0.39, 0.29) is 0 Å². The average molecular weight is 210 g/mol. The summed E-state index contributed by atoms with van der Waals surface area (Å²) in [5, 5.41) is 0. The lowest BCUT2D eigenvalue weighted by Gasteiger charge is -2.15. The van der Waals surface area contributed by atoms with E-state index in [1.807, 2.05) is 24.1 Å². The highest BCUT2D eigenvalue weighted by molar-refractivity contribution is 5.62. The van der Waals surface area contributed by atoms with Gasteiger partial charge in [0.15, 0.2) is 0 Å². The Balaban J connectivity index is 2.06. The number of hydrogen-bond donors (Lipinski definition) is 0. The van der Waals surface area contributed by atoms with Crippen LogP contribution in [0.15, 0.2) is 30.7 Å². The quantitative estimate of drug-likeness (QED) is 0.707. The van der Waals surface area contributed by atoms with E-state index in [0.29, 0.717) is 0 Å². The van der Waals surface area contributed by atoms with Gasteiger partial charge in [-0.15, -0.1) is 0 Å². The molecule has 0 saturated heterocycles. The Morgan fingerprint density at radius 1 is 1.38 bits per heavy atom. The van der Waals surface area contributed by atoms with Gasteiger partial charge in [-0.3, -0.25) is 0 Å². The van der Waals surface area contributed by atoms with Crippen LogP contribution in [-0.4, -0.2) is 9.55 Å². The van der Waals surface area contributed by atoms with Crippen molar-refractivity contribution in [3.8, 4) is 11.3 Å². The van der Waals surface area contributed by atoms with Gasteiger partial charge in [-0.25, -0.2) is 4.98 Å². The van der Waals surface area contributed by atoms with Gasteiger partial charge in [0, 0.05) is 19.0 Å². The zero-order valence-corrected chi connectivity index (χ0v) is 9.40. The number of imidazole rings is 1. The van der Waals surface area contributed by atoms with Crippen molar-refractivity contribution in [3.63, 3.8) is 0 Å². The van der Waals surface area contributed by atoms with Crippen molar-refractivity contribution in [2.45, 2.75) is 19.3 Å². The van der Waals surface area contributed by atoms with Gasteiger partial charge in [0.05, 0.1) is 18.2 Å². The molecule has 0 fully saturated rings. The molecule has 2 nitrogen and oxygen atoms in total. The summed E-state index contributed by atoms with van der Waals surface area (Å²) in [5.74, 6) is 0. The van der Waals surface area contributed by atoms with Crippen LogP contribution in [-0.2, 0) is 13.5 Å². The molecule has 0 saturated carbocycles. The van der Waals surface area contributed by atoms with Gasteiger partial charge in [0.2, 0.25) is 0 Å². The highest BCUT2D eigenvalue weighted by Gasteiger charge is 2.11. The predicted octanol–water partition coefficient (Wildman–Crippen LogP) is 2.85. The molecule has 1 heterocycles. The van der Waals surface area contributed by atoms with Gasteiger partial charge >= 0.3 is 0 Å². The Hall–Kier alpha value is -1.57. The van der Waals surface area contributed by atoms with E-state index in [1.165, 1.54) is 29.5 Å². The van der Waals surface area contributed by atoms with Gasteiger partial charge in [-0.05, 0) is 36.5 Å². The number of hydrogen-bond acceptors (Lipinski definition) is 1. The van der Waals surface area contributed by atoms with Crippen LogP contribution in [0.1, 0.15) is 24.0 Å². The van der Waals surface area contributed by atoms with Gasteiger partial charge in [0.1, 0.15) is 0 Å². The normalized spacial score (nSPS) is 14.8. The Kier molecular flexibility index (Phi) is 2.28. The second kappa shape index (κ2) is 3.78. The summed E-state index contributed by atoms with van der Waals surface area (Å²) in [6.07, 6.45) is 10.7. The van der Waals surface area contributed by atoms with Crippen LogP contribution in [0, 0.1) is 6.42 Å². The third kappa shape index (κ3) is 1.54. The molecule has 80 valence electrons. The molecule has 2 radical (unpaired) electrons. The molecular weight excluding hydrogens is 196 g/mol. The van der Waals surface area contributed by atoms with Gasteiger partial charge in [-0.2, -0.15) is 0 Å². The highest BCUT2D eigenvalue weighted by Crippen LogP contribution is 2.27. The number of benzene rings is 1. The average Bonchev–Trinajstić information content (AvgIpc) is 2.75. The molecule has 0 amide bonds. The summed E-state index contributed by atoms with van der Waals surface area (Å²) in [6.45, 7) is 0. The summed E-state index contributed by atoms with van der Waals surface area (Å²) in [5.41, 5.74) is 5.10. The molecule has 0 unspecified atom stereocenters. The molecule has 1 aromatic heterocycles. The Morgan fingerprint density at radius 3 is 3.12 bits per heavy atom. The zero-order valence-electron chi connectivity index (χ0n) is 9.40. The first-order chi connectivity index (χ1) is 7.84. The van der Waals surface area contributed by atoms with E-state index in [0.717, 1.165) is 12.1 Å². The minimum atomic E-state index is 1.09. The lowest BCUT2D eigenvalue weighted by molar-refractivity contribution is 0.775. The Bertz CT molecular complexity index is 511. The molecule has 16 heavy (non-hydrogen) atoms. The van der Waals surface area contributed by atoms with Crippen LogP contribution in [0.5, 0.6) is 0 Å². The minimum absolute atomic E-state index is 1.09. The third-order valence-corrected chi connectivity index (χ3v) is 3.16. The number of fused-ring (bicyclic) bond motifs is 1. The van der Waals surface area contributed by atoms with E-state index >= 15 is 0 Å². The van der Waals surface area contributed by atoms with Crippen molar-refractivity contribution in [2.75, 3.05) is 0 Å². The number of aromatic nitrogens is 2. The molecule has 1 aliphatic rings. The van der Waals surface area contributed by atoms with Gasteiger partial charge in [-0.1, -0.05) is 12.1 Å². The van der Waals surface area contributed by atoms with Crippen molar-refractivity contribution < 1.29 is 0 Å². The monoisotopic (exact) mass is 210 g/mol. The predicted molar refractivity (Wildman–Crippen MR) is 63.9 cm³/mol. The van der Waals surface area contributed by atoms with Crippen LogP contribution in [0.25, 0.3) is 11.3 Å². The van der Waals surface area contributed by atoms with Crippen LogP contribution in [0.3, 0.4) is 0 Å². The van der Waals surface area contributed by atoms with Crippen molar-refractivity contribution in [3.05, 3.63) is 48.3 Å². The largest absolute Gasteiger partial charge is 0.334 e. The van der Waals surface area contributed by atoms with E-state index in [2.05, 4.69) is 29.6 Å². The second-order valence-electron chi connectivity index (χ2n) is 4.29. The van der Waals surface area contributed by atoms with E-state index in [9.17, 15) is 0 Å². The zero-order chi connectivity index (χ0) is 11.0. The molecule has 0 bridgehead atoms. The number of aryl methyl sites for hydroxylation is 2. The van der Waals surface area contributed by atoms with Gasteiger partial charge in [0.25, 0.3) is 0 Å². The van der Waals surface area contributed by atoms with Crippen molar-refractivity contribution in [2.24, 2.45) is 7.05 Å². The first kappa shape index (κ1) is 9.64. The summed E-state index contributed by atoms with van der Waals surface area (Å²) < 4.78 is 2.05. The smallest absolute Gasteiger partial charge is 0.0948 e. The molecule has 0 N–H and O–H groups in total. The number of rotatable bonds is 1. The standard InChI is InChI=1S/C14H14N2/c1-16-10-15-9-14(16)13-7-6-11-4-2-3-5-12(11)8-13/h6-10H,2-4H2,1H3. The maximum atomic E-state index is 4.15. The maximum Gasteiger partial charge on any atom is 0.0948 e. The van der Waals surface area contributed by atoms with Crippen LogP contribution < -0.4 is 0 Å². The molecule has 1 aromatic carbocycles. The molecule has 0 aliphatic heterocycles. The van der Waals surface area contributed by atoms with Crippen LogP contribution in [0.4, 0.5) is 0 Å². The lowest BCUT2D eigenvalue weighted by atomic mass is 9.90. The van der Waals surface area contributed by atoms with Crippen molar-refractivity contribution in [1.29, 1.82) is 0 Å². The summed E-state index contributed by atoms with van der Waals surface area (Å²) >= 11 is 0. The topological polar surface area (TPSA) is 17.8 Å². The third-order valence-electron chi connectivity index (χ3n) is 3.16. The SMILES string of the molecule is Cn1cncc1-c1ccc2c(c1)[C]CCC2. The second-order valence-corrected chi connectivity index (χ2v) is 4.29. The molecular formula is C14H14N2.